The van der Waals surface area contributed by atoms with Crippen LogP contribution in [0.4, 0.5) is 0 Å². The van der Waals surface area contributed by atoms with E-state index in [1.54, 1.807) is 0 Å². The van der Waals surface area contributed by atoms with E-state index in [2.05, 4.69) is 19.4 Å². The highest BCUT2D eigenvalue weighted by Gasteiger charge is 2.20. The van der Waals surface area contributed by atoms with Gasteiger partial charge in [0.25, 0.3) is 0 Å². The van der Waals surface area contributed by atoms with Gasteiger partial charge in [-0.1, -0.05) is 28.4 Å². The van der Waals surface area contributed by atoms with Gasteiger partial charge < -0.3 is 10.3 Å². The molecule has 0 atom stereocenters. The zero-order chi connectivity index (χ0) is 14.8. The first-order valence-electron chi connectivity index (χ1n) is 5.37. The van der Waals surface area contributed by atoms with Gasteiger partial charge in [0.2, 0.25) is 16.4 Å². The normalized spacial score (nSPS) is 11.8. The smallest absolute Gasteiger partial charge is 0.242 e. The van der Waals surface area contributed by atoms with E-state index in [-0.39, 0.29) is 28.8 Å². The molecule has 1 aromatic heterocycles. The van der Waals surface area contributed by atoms with Crippen LogP contribution in [0.15, 0.2) is 27.9 Å². The van der Waals surface area contributed by atoms with Crippen molar-refractivity contribution in [2.45, 2.75) is 18.0 Å². The van der Waals surface area contributed by atoms with E-state index >= 15 is 0 Å². The van der Waals surface area contributed by atoms with Crippen molar-refractivity contribution < 1.29 is 12.9 Å². The van der Waals surface area contributed by atoms with E-state index in [0.717, 1.165) is 6.39 Å². The van der Waals surface area contributed by atoms with Gasteiger partial charge in [0, 0.05) is 11.6 Å². The van der Waals surface area contributed by atoms with Gasteiger partial charge >= 0.3 is 0 Å². The van der Waals surface area contributed by atoms with Crippen molar-refractivity contribution in [1.82, 2.24) is 14.9 Å². The number of hydrogen-bond acceptors (Lipinski definition) is 6. The second kappa shape index (κ2) is 6.06. The molecule has 0 fully saturated rings. The van der Waals surface area contributed by atoms with Crippen LogP contribution in [0.1, 0.15) is 11.4 Å². The first-order chi connectivity index (χ1) is 9.44. The average Bonchev–Trinajstić information content (AvgIpc) is 2.89. The van der Waals surface area contributed by atoms with Gasteiger partial charge in [-0.15, -0.1) is 0 Å². The maximum absolute atomic E-state index is 12.2. The van der Waals surface area contributed by atoms with Gasteiger partial charge in [-0.3, -0.25) is 0 Å². The molecule has 0 radical (unpaired) electrons. The van der Waals surface area contributed by atoms with Gasteiger partial charge in [-0.2, -0.15) is 4.98 Å². The number of rotatable bonds is 5. The van der Waals surface area contributed by atoms with Crippen LogP contribution >= 0.6 is 23.2 Å². The molecule has 0 saturated heterocycles. The lowest BCUT2D eigenvalue weighted by Gasteiger charge is -2.10. The summed E-state index contributed by atoms with van der Waals surface area (Å²) in [7, 11) is -3.83. The molecule has 0 spiro atoms. The molecule has 3 N–H and O–H groups in total. The molecule has 2 aromatic rings. The Bertz CT molecular complexity index is 704. The molecule has 10 heteroatoms. The Labute approximate surface area is 125 Å². The molecule has 0 amide bonds. The Kier molecular flexibility index (Phi) is 4.61. The average molecular weight is 337 g/mol. The van der Waals surface area contributed by atoms with Crippen LogP contribution < -0.4 is 10.5 Å². The van der Waals surface area contributed by atoms with Crippen molar-refractivity contribution in [3.05, 3.63) is 40.0 Å². The van der Waals surface area contributed by atoms with Crippen molar-refractivity contribution >= 4 is 33.2 Å². The minimum absolute atomic E-state index is 0.00723. The fourth-order valence-electron chi connectivity index (χ4n) is 1.44. The van der Waals surface area contributed by atoms with Gasteiger partial charge in [-0.25, -0.2) is 13.1 Å². The summed E-state index contributed by atoms with van der Waals surface area (Å²) in [5.74, 6) is 0.206. The number of halogens is 2. The minimum Gasteiger partial charge on any atom is -0.343 e. The molecular weight excluding hydrogens is 327 g/mol. The molecule has 2 rings (SSSR count). The lowest BCUT2D eigenvalue weighted by Crippen LogP contribution is -2.24. The zero-order valence-corrected chi connectivity index (χ0v) is 12.3. The van der Waals surface area contributed by atoms with E-state index in [0.29, 0.717) is 10.6 Å². The predicted molar refractivity (Wildman–Crippen MR) is 72.7 cm³/mol. The van der Waals surface area contributed by atoms with Crippen LogP contribution in [0.5, 0.6) is 0 Å². The number of nitrogens with one attached hydrogen (secondary N) is 1. The Morgan fingerprint density at radius 1 is 1.30 bits per heavy atom. The molecule has 108 valence electrons. The van der Waals surface area contributed by atoms with E-state index < -0.39 is 10.0 Å². The molecule has 1 heterocycles. The predicted octanol–water partition coefficient (Wildman–Crippen LogP) is 1.31. The molecule has 0 aliphatic heterocycles. The topological polar surface area (TPSA) is 111 Å². The fraction of sp³-hybridized carbons (Fsp3) is 0.200. The maximum atomic E-state index is 12.2. The van der Waals surface area contributed by atoms with Crippen molar-refractivity contribution in [3.8, 4) is 0 Å². The van der Waals surface area contributed by atoms with Gasteiger partial charge in [0.1, 0.15) is 4.90 Å². The molecule has 0 aliphatic carbocycles. The van der Waals surface area contributed by atoms with Gasteiger partial charge in [0.15, 0.2) is 5.82 Å². The molecule has 0 saturated carbocycles. The maximum Gasteiger partial charge on any atom is 0.242 e. The van der Waals surface area contributed by atoms with Crippen LogP contribution in [0.3, 0.4) is 0 Å². The summed E-state index contributed by atoms with van der Waals surface area (Å²) in [5, 5.41) is 3.82. The zero-order valence-electron chi connectivity index (χ0n) is 10.0. The fourth-order valence-corrected chi connectivity index (χ4v) is 3.29. The molecule has 0 bridgehead atoms. The summed E-state index contributed by atoms with van der Waals surface area (Å²) in [5.41, 5.74) is 5.97. The molecule has 0 unspecified atom stereocenters. The van der Waals surface area contributed by atoms with Crippen LogP contribution in [0.25, 0.3) is 0 Å². The highest BCUT2D eigenvalue weighted by atomic mass is 35.5. The Morgan fingerprint density at radius 2 is 2.05 bits per heavy atom. The minimum atomic E-state index is -3.83. The van der Waals surface area contributed by atoms with E-state index in [1.807, 2.05) is 0 Å². The number of benzene rings is 1. The third-order valence-electron chi connectivity index (χ3n) is 2.44. The number of aromatic nitrogens is 2. The summed E-state index contributed by atoms with van der Waals surface area (Å²) in [6.07, 6.45) is 1.10. The summed E-state index contributed by atoms with van der Waals surface area (Å²) >= 11 is 11.8. The first-order valence-corrected chi connectivity index (χ1v) is 7.61. The van der Waals surface area contributed by atoms with E-state index in [1.165, 1.54) is 12.1 Å². The highest BCUT2D eigenvalue weighted by Crippen LogP contribution is 2.28. The first kappa shape index (κ1) is 15.2. The van der Waals surface area contributed by atoms with E-state index in [4.69, 9.17) is 28.9 Å². The molecule has 1 aromatic carbocycles. The third-order valence-corrected chi connectivity index (χ3v) is 4.66. The summed E-state index contributed by atoms with van der Waals surface area (Å²) in [6, 6.07) is 2.68. The van der Waals surface area contributed by atoms with E-state index in [9.17, 15) is 8.42 Å². The summed E-state index contributed by atoms with van der Waals surface area (Å²) < 4.78 is 31.1. The number of sulfonamides is 1. The molecule has 20 heavy (non-hydrogen) atoms. The highest BCUT2D eigenvalue weighted by molar-refractivity contribution is 7.89. The molecule has 7 nitrogen and oxygen atoms in total. The Hall–Kier alpha value is -1.19. The van der Waals surface area contributed by atoms with Crippen LogP contribution in [-0.4, -0.2) is 18.6 Å². The monoisotopic (exact) mass is 336 g/mol. The number of nitrogens with zero attached hydrogens (tertiary/aromatic N) is 2. The van der Waals surface area contributed by atoms with Gasteiger partial charge in [0.05, 0.1) is 11.6 Å². The molecular formula is C10H10Cl2N4O3S. The second-order valence-corrected chi connectivity index (χ2v) is 6.30. The standard InChI is InChI=1S/C10H10Cl2N4O3S/c11-7-2-8(12)9(1-6(7)3-13)20(17,18)15-4-10-14-5-19-16-10/h1-2,5,15H,3-4,13H2. The largest absolute Gasteiger partial charge is 0.343 e. The van der Waals surface area contributed by atoms with Crippen LogP contribution in [0, 0.1) is 0 Å². The quantitative estimate of drug-likeness (QED) is 0.851. The van der Waals surface area contributed by atoms with Gasteiger partial charge in [-0.05, 0) is 17.7 Å². The lowest BCUT2D eigenvalue weighted by molar-refractivity contribution is 0.409. The number of hydrogen-bond donors (Lipinski definition) is 2. The SMILES string of the molecule is NCc1cc(S(=O)(=O)NCc2ncon2)c(Cl)cc1Cl. The van der Waals surface area contributed by atoms with Crippen molar-refractivity contribution in [3.63, 3.8) is 0 Å². The summed E-state index contributed by atoms with van der Waals surface area (Å²) in [4.78, 5) is 3.60. The van der Waals surface area contributed by atoms with Crippen LogP contribution in [0.2, 0.25) is 10.0 Å². The Morgan fingerprint density at radius 3 is 2.65 bits per heavy atom. The van der Waals surface area contributed by atoms with Crippen molar-refractivity contribution in [1.29, 1.82) is 0 Å². The second-order valence-electron chi connectivity index (χ2n) is 3.75. The lowest BCUT2D eigenvalue weighted by atomic mass is 10.2. The number of nitrogens with two attached hydrogens (primary N) is 1. The molecule has 0 aliphatic rings. The van der Waals surface area contributed by atoms with Crippen molar-refractivity contribution in [2.24, 2.45) is 5.73 Å². The van der Waals surface area contributed by atoms with Crippen LogP contribution in [-0.2, 0) is 23.1 Å². The van der Waals surface area contributed by atoms with Crippen molar-refractivity contribution in [2.75, 3.05) is 0 Å². The summed E-state index contributed by atoms with van der Waals surface area (Å²) in [6.45, 7) is -0.0148. The third kappa shape index (κ3) is 3.28. The Balaban J connectivity index is 2.29.